The minimum atomic E-state index is -0.582. The zero-order valence-electron chi connectivity index (χ0n) is 7.16. The molecule has 2 bridgehead atoms. The van der Waals surface area contributed by atoms with Crippen molar-refractivity contribution in [3.05, 3.63) is 0 Å². The maximum absolute atomic E-state index is 10.1. The van der Waals surface area contributed by atoms with Gasteiger partial charge >= 0.3 is 0 Å². The molecule has 3 unspecified atom stereocenters. The van der Waals surface area contributed by atoms with E-state index in [1.807, 2.05) is 0 Å². The third-order valence-corrected chi connectivity index (χ3v) is 3.07. The van der Waals surface area contributed by atoms with E-state index in [0.717, 1.165) is 26.1 Å². The number of fused-ring (bicyclic) bond motifs is 2. The lowest BCUT2D eigenvalue weighted by Crippen LogP contribution is -2.50. The Morgan fingerprint density at radius 3 is 2.92 bits per heavy atom. The molecule has 70 valence electrons. The molecule has 4 nitrogen and oxygen atoms in total. The van der Waals surface area contributed by atoms with Crippen LogP contribution in [0.15, 0.2) is 0 Å². The summed E-state index contributed by atoms with van der Waals surface area (Å²) in [6.45, 7) is 3.40. The van der Waals surface area contributed by atoms with E-state index in [1.54, 1.807) is 0 Å². The van der Waals surface area contributed by atoms with Gasteiger partial charge in [-0.2, -0.15) is 0 Å². The molecule has 0 aromatic heterocycles. The van der Waals surface area contributed by atoms with Crippen molar-refractivity contribution < 1.29 is 10.2 Å². The number of rotatable bonds is 3. The highest BCUT2D eigenvalue weighted by molar-refractivity contribution is 5.02. The summed E-state index contributed by atoms with van der Waals surface area (Å²) in [6, 6.07) is 0. The van der Waals surface area contributed by atoms with Gasteiger partial charge in [-0.15, -0.1) is 0 Å². The van der Waals surface area contributed by atoms with E-state index in [-0.39, 0.29) is 6.73 Å². The van der Waals surface area contributed by atoms with E-state index in [9.17, 15) is 5.11 Å². The van der Waals surface area contributed by atoms with E-state index in [0.29, 0.717) is 12.5 Å². The van der Waals surface area contributed by atoms with Crippen molar-refractivity contribution in [3.63, 3.8) is 0 Å². The monoisotopic (exact) mass is 172 g/mol. The summed E-state index contributed by atoms with van der Waals surface area (Å²) >= 11 is 0. The fourth-order valence-corrected chi connectivity index (χ4v) is 2.40. The maximum Gasteiger partial charge on any atom is 0.0938 e. The lowest BCUT2D eigenvalue weighted by molar-refractivity contribution is -0.00838. The Hall–Kier alpha value is -0.160. The summed E-state index contributed by atoms with van der Waals surface area (Å²) in [6.07, 6.45) is 1.10. The molecule has 2 saturated heterocycles. The van der Waals surface area contributed by atoms with E-state index in [2.05, 4.69) is 10.2 Å². The molecule has 2 aliphatic heterocycles. The summed E-state index contributed by atoms with van der Waals surface area (Å²) in [7, 11) is 0. The molecule has 0 aromatic carbocycles. The average Bonchev–Trinajstić information content (AvgIpc) is 2.60. The van der Waals surface area contributed by atoms with Crippen LogP contribution < -0.4 is 5.32 Å². The molecule has 0 radical (unpaired) electrons. The minimum absolute atomic E-state index is 0.0466. The first-order chi connectivity index (χ1) is 5.74. The Bertz CT molecular complexity index is 176. The van der Waals surface area contributed by atoms with Crippen LogP contribution in [0, 0.1) is 5.92 Å². The Balaban J connectivity index is 1.93. The van der Waals surface area contributed by atoms with Crippen LogP contribution >= 0.6 is 0 Å². The molecule has 4 heteroatoms. The number of hydrogen-bond donors (Lipinski definition) is 3. The van der Waals surface area contributed by atoms with E-state index in [4.69, 9.17) is 5.11 Å². The first kappa shape index (κ1) is 8.44. The van der Waals surface area contributed by atoms with Crippen LogP contribution in [0.2, 0.25) is 0 Å². The third kappa shape index (κ3) is 1.25. The van der Waals surface area contributed by atoms with Gasteiger partial charge in [-0.05, 0) is 13.0 Å². The molecule has 2 fully saturated rings. The van der Waals surface area contributed by atoms with E-state index >= 15 is 0 Å². The van der Waals surface area contributed by atoms with Crippen LogP contribution in [0.4, 0.5) is 0 Å². The zero-order chi connectivity index (χ0) is 8.60. The van der Waals surface area contributed by atoms with Crippen molar-refractivity contribution in [1.82, 2.24) is 10.2 Å². The van der Waals surface area contributed by atoms with Crippen molar-refractivity contribution >= 4 is 0 Å². The normalized spacial score (nSPS) is 45.5. The topological polar surface area (TPSA) is 55.7 Å². The second-order valence-corrected chi connectivity index (χ2v) is 3.91. The van der Waals surface area contributed by atoms with Gasteiger partial charge in [-0.25, -0.2) is 0 Å². The summed E-state index contributed by atoms with van der Waals surface area (Å²) in [4.78, 5) is 2.28. The van der Waals surface area contributed by atoms with Crippen LogP contribution in [-0.4, -0.2) is 53.6 Å². The molecule has 0 spiro atoms. The predicted octanol–water partition coefficient (Wildman–Crippen LogP) is -1.41. The summed E-state index contributed by atoms with van der Waals surface area (Å²) in [5.41, 5.74) is -0.582. The highest BCUT2D eigenvalue weighted by Crippen LogP contribution is 2.35. The molecular weight excluding hydrogens is 156 g/mol. The zero-order valence-corrected chi connectivity index (χ0v) is 7.16. The first-order valence-electron chi connectivity index (χ1n) is 4.51. The highest BCUT2D eigenvalue weighted by atomic mass is 16.3. The van der Waals surface area contributed by atoms with E-state index < -0.39 is 5.60 Å². The molecule has 12 heavy (non-hydrogen) atoms. The number of nitrogens with zero attached hydrogens (tertiary/aromatic N) is 1. The number of hydrogen-bond acceptors (Lipinski definition) is 4. The second-order valence-electron chi connectivity index (χ2n) is 3.91. The quantitative estimate of drug-likeness (QED) is 0.458. The molecule has 3 atom stereocenters. The van der Waals surface area contributed by atoms with Crippen LogP contribution in [0.3, 0.4) is 0 Å². The van der Waals surface area contributed by atoms with Gasteiger partial charge in [-0.1, -0.05) is 0 Å². The number of aliphatic hydroxyl groups excluding tert-OH is 1. The molecule has 3 N–H and O–H groups in total. The minimum Gasteiger partial charge on any atom is -0.387 e. The van der Waals surface area contributed by atoms with Gasteiger partial charge < -0.3 is 15.1 Å². The lowest BCUT2D eigenvalue weighted by Gasteiger charge is -2.32. The van der Waals surface area contributed by atoms with Crippen molar-refractivity contribution in [2.45, 2.75) is 12.0 Å². The number of aliphatic hydroxyl groups is 2. The molecule has 0 aliphatic carbocycles. The van der Waals surface area contributed by atoms with Crippen molar-refractivity contribution in [3.8, 4) is 0 Å². The molecule has 0 saturated carbocycles. The van der Waals surface area contributed by atoms with Crippen LogP contribution in [0.25, 0.3) is 0 Å². The number of nitrogens with one attached hydrogen (secondary N) is 1. The summed E-state index contributed by atoms with van der Waals surface area (Å²) < 4.78 is 0. The lowest BCUT2D eigenvalue weighted by atomic mass is 9.88. The molecule has 0 amide bonds. The Labute approximate surface area is 72.2 Å². The van der Waals surface area contributed by atoms with Crippen LogP contribution in [0.5, 0.6) is 0 Å². The Morgan fingerprint density at radius 2 is 2.42 bits per heavy atom. The standard InChI is InChI=1S/C8H16N2O2/c11-6-9-4-8(12)5-10-2-1-7(8)3-10/h7,9,11-12H,1-6H2. The molecular formula is C8H16N2O2. The molecule has 2 aliphatic rings. The van der Waals surface area contributed by atoms with Gasteiger partial charge in [0.25, 0.3) is 0 Å². The van der Waals surface area contributed by atoms with Crippen molar-refractivity contribution in [1.29, 1.82) is 0 Å². The summed E-state index contributed by atoms with van der Waals surface area (Å²) in [5.74, 6) is 0.413. The van der Waals surface area contributed by atoms with Gasteiger partial charge in [0, 0.05) is 25.6 Å². The summed E-state index contributed by atoms with van der Waals surface area (Å²) in [5, 5.41) is 21.5. The van der Waals surface area contributed by atoms with Crippen molar-refractivity contribution in [2.75, 3.05) is 32.9 Å². The van der Waals surface area contributed by atoms with Gasteiger partial charge in [0.15, 0.2) is 0 Å². The van der Waals surface area contributed by atoms with Crippen LogP contribution in [-0.2, 0) is 0 Å². The smallest absolute Gasteiger partial charge is 0.0938 e. The Kier molecular flexibility index (Phi) is 2.08. The molecule has 0 aromatic rings. The van der Waals surface area contributed by atoms with Gasteiger partial charge in [0.1, 0.15) is 0 Å². The maximum atomic E-state index is 10.1. The van der Waals surface area contributed by atoms with E-state index in [1.165, 1.54) is 0 Å². The first-order valence-corrected chi connectivity index (χ1v) is 4.51. The van der Waals surface area contributed by atoms with Gasteiger partial charge in [0.2, 0.25) is 0 Å². The average molecular weight is 172 g/mol. The fraction of sp³-hybridized carbons (Fsp3) is 1.00. The third-order valence-electron chi connectivity index (χ3n) is 3.07. The highest BCUT2D eigenvalue weighted by Gasteiger charge is 2.48. The molecule has 2 heterocycles. The van der Waals surface area contributed by atoms with Gasteiger partial charge in [0.05, 0.1) is 12.3 Å². The van der Waals surface area contributed by atoms with Crippen LogP contribution in [0.1, 0.15) is 6.42 Å². The fourth-order valence-electron chi connectivity index (χ4n) is 2.40. The van der Waals surface area contributed by atoms with Gasteiger partial charge in [-0.3, -0.25) is 5.32 Å². The predicted molar refractivity (Wildman–Crippen MR) is 44.6 cm³/mol. The largest absolute Gasteiger partial charge is 0.387 e. The SMILES string of the molecule is OCNCC1(O)CN2CCC1C2. The van der Waals surface area contributed by atoms with Crippen molar-refractivity contribution in [2.24, 2.45) is 5.92 Å². The molecule has 2 rings (SSSR count). The number of piperidine rings is 1. The second kappa shape index (κ2) is 2.96. The Morgan fingerprint density at radius 1 is 1.58 bits per heavy atom.